The summed E-state index contributed by atoms with van der Waals surface area (Å²) in [7, 11) is 1.86. The van der Waals surface area contributed by atoms with Crippen LogP contribution in [0.2, 0.25) is 0 Å². The van der Waals surface area contributed by atoms with E-state index in [0.29, 0.717) is 5.82 Å². The molecule has 2 aromatic heterocycles. The van der Waals surface area contributed by atoms with Gasteiger partial charge in [0, 0.05) is 19.0 Å². The average molecular weight is 281 g/mol. The number of anilines is 1. The summed E-state index contributed by atoms with van der Waals surface area (Å²) < 4.78 is 7.26. The Kier molecular flexibility index (Phi) is 3.29. The second-order valence-electron chi connectivity index (χ2n) is 5.21. The third-order valence-corrected chi connectivity index (χ3v) is 3.72. The van der Waals surface area contributed by atoms with Crippen LogP contribution in [0.4, 0.5) is 5.82 Å². The molecule has 0 radical (unpaired) electrons. The summed E-state index contributed by atoms with van der Waals surface area (Å²) in [5.41, 5.74) is 11.4. The van der Waals surface area contributed by atoms with Gasteiger partial charge >= 0.3 is 0 Å². The van der Waals surface area contributed by atoms with E-state index in [2.05, 4.69) is 37.1 Å². The molecule has 3 aromatic rings. The van der Waals surface area contributed by atoms with E-state index in [1.807, 2.05) is 19.2 Å². The topological polar surface area (TPSA) is 57.0 Å². The van der Waals surface area contributed by atoms with Gasteiger partial charge in [-0.2, -0.15) is 5.10 Å². The molecular formula is C17H19N3O. The van der Waals surface area contributed by atoms with Crippen molar-refractivity contribution in [3.63, 3.8) is 0 Å². The standard InChI is InChI=1S/C17H19N3O/c1-4-14-13(8-9-21-14)16-15(17(18)20(3)19-16)12-7-5-6-11(2)10-12/h5-10H,4,18H2,1-3H3. The van der Waals surface area contributed by atoms with E-state index in [1.54, 1.807) is 10.9 Å². The highest BCUT2D eigenvalue weighted by Crippen LogP contribution is 2.38. The van der Waals surface area contributed by atoms with Crippen LogP contribution in [0.15, 0.2) is 41.0 Å². The molecule has 0 aliphatic rings. The normalized spacial score (nSPS) is 11.0. The molecule has 2 heterocycles. The average Bonchev–Trinajstić information content (AvgIpc) is 3.04. The summed E-state index contributed by atoms with van der Waals surface area (Å²) in [6, 6.07) is 10.3. The second-order valence-corrected chi connectivity index (χ2v) is 5.21. The first-order valence-corrected chi connectivity index (χ1v) is 7.08. The number of hydrogen-bond donors (Lipinski definition) is 1. The maximum Gasteiger partial charge on any atom is 0.129 e. The van der Waals surface area contributed by atoms with Crippen LogP contribution in [0.1, 0.15) is 18.2 Å². The van der Waals surface area contributed by atoms with Gasteiger partial charge in [-0.05, 0) is 18.6 Å². The minimum atomic E-state index is 0.666. The summed E-state index contributed by atoms with van der Waals surface area (Å²) in [4.78, 5) is 0. The Morgan fingerprint density at radius 2 is 2.10 bits per heavy atom. The van der Waals surface area contributed by atoms with Crippen LogP contribution < -0.4 is 5.73 Å². The fraction of sp³-hybridized carbons (Fsp3) is 0.235. The monoisotopic (exact) mass is 281 g/mol. The second kappa shape index (κ2) is 5.13. The number of rotatable bonds is 3. The molecule has 21 heavy (non-hydrogen) atoms. The van der Waals surface area contributed by atoms with Gasteiger partial charge in [0.2, 0.25) is 0 Å². The van der Waals surface area contributed by atoms with Crippen LogP contribution in [0.3, 0.4) is 0 Å². The van der Waals surface area contributed by atoms with Crippen LogP contribution in [0, 0.1) is 6.92 Å². The molecule has 0 saturated heterocycles. The molecular weight excluding hydrogens is 262 g/mol. The zero-order chi connectivity index (χ0) is 15.0. The molecule has 0 atom stereocenters. The van der Waals surface area contributed by atoms with E-state index in [1.165, 1.54) is 5.56 Å². The number of hydrogen-bond acceptors (Lipinski definition) is 3. The third kappa shape index (κ3) is 2.23. The lowest BCUT2D eigenvalue weighted by molar-refractivity contribution is 0.517. The van der Waals surface area contributed by atoms with Crippen LogP contribution in [0.25, 0.3) is 22.4 Å². The van der Waals surface area contributed by atoms with E-state index in [9.17, 15) is 0 Å². The van der Waals surface area contributed by atoms with Crippen LogP contribution in [-0.2, 0) is 13.5 Å². The molecule has 0 unspecified atom stereocenters. The molecule has 1 aromatic carbocycles. The number of nitrogen functional groups attached to an aromatic ring is 1. The number of furan rings is 1. The number of aromatic nitrogens is 2. The lowest BCUT2D eigenvalue weighted by Crippen LogP contribution is -1.98. The van der Waals surface area contributed by atoms with Crippen molar-refractivity contribution in [1.82, 2.24) is 9.78 Å². The van der Waals surface area contributed by atoms with Gasteiger partial charge in [-0.1, -0.05) is 36.8 Å². The highest BCUT2D eigenvalue weighted by atomic mass is 16.3. The van der Waals surface area contributed by atoms with Crippen molar-refractivity contribution in [2.24, 2.45) is 7.05 Å². The maximum atomic E-state index is 6.25. The van der Waals surface area contributed by atoms with Crippen molar-refractivity contribution < 1.29 is 4.42 Å². The van der Waals surface area contributed by atoms with Crippen molar-refractivity contribution in [2.75, 3.05) is 5.73 Å². The summed E-state index contributed by atoms with van der Waals surface area (Å²) in [6.07, 6.45) is 2.53. The molecule has 0 aliphatic heterocycles. The van der Waals surface area contributed by atoms with E-state index >= 15 is 0 Å². The molecule has 0 bridgehead atoms. The Morgan fingerprint density at radius 3 is 2.81 bits per heavy atom. The fourth-order valence-electron chi connectivity index (χ4n) is 2.64. The van der Waals surface area contributed by atoms with Crippen molar-refractivity contribution in [1.29, 1.82) is 0 Å². The van der Waals surface area contributed by atoms with Gasteiger partial charge in [-0.15, -0.1) is 0 Å². The molecule has 0 amide bonds. The predicted octanol–water partition coefficient (Wildman–Crippen LogP) is 3.80. The number of benzene rings is 1. The molecule has 2 N–H and O–H groups in total. The molecule has 108 valence electrons. The highest BCUT2D eigenvalue weighted by Gasteiger charge is 2.20. The van der Waals surface area contributed by atoms with E-state index < -0.39 is 0 Å². The van der Waals surface area contributed by atoms with Gasteiger partial charge in [-0.25, -0.2) is 0 Å². The van der Waals surface area contributed by atoms with Crippen molar-refractivity contribution in [2.45, 2.75) is 20.3 Å². The molecule has 3 rings (SSSR count). The smallest absolute Gasteiger partial charge is 0.129 e. The quantitative estimate of drug-likeness (QED) is 0.794. The summed E-state index contributed by atoms with van der Waals surface area (Å²) in [6.45, 7) is 4.14. The molecule has 4 heteroatoms. The molecule has 0 aliphatic carbocycles. The van der Waals surface area contributed by atoms with Crippen LogP contribution >= 0.6 is 0 Å². The van der Waals surface area contributed by atoms with Gasteiger partial charge < -0.3 is 10.2 Å². The van der Waals surface area contributed by atoms with Gasteiger partial charge in [0.15, 0.2) is 0 Å². The zero-order valence-corrected chi connectivity index (χ0v) is 12.6. The Balaban J connectivity index is 2.26. The summed E-state index contributed by atoms with van der Waals surface area (Å²) in [5, 5.41) is 4.60. The van der Waals surface area contributed by atoms with Crippen LogP contribution in [-0.4, -0.2) is 9.78 Å². The van der Waals surface area contributed by atoms with Crippen molar-refractivity contribution >= 4 is 5.82 Å². The van der Waals surface area contributed by atoms with Crippen molar-refractivity contribution in [3.8, 4) is 22.4 Å². The number of aryl methyl sites for hydroxylation is 3. The van der Waals surface area contributed by atoms with Gasteiger partial charge in [0.1, 0.15) is 17.3 Å². The SMILES string of the molecule is CCc1occc1-c1nn(C)c(N)c1-c1cccc(C)c1. The first-order chi connectivity index (χ1) is 10.1. The van der Waals surface area contributed by atoms with Crippen molar-refractivity contribution in [3.05, 3.63) is 47.9 Å². The largest absolute Gasteiger partial charge is 0.469 e. The van der Waals surface area contributed by atoms with Gasteiger partial charge in [0.25, 0.3) is 0 Å². The maximum absolute atomic E-state index is 6.25. The Hall–Kier alpha value is -2.49. The van der Waals surface area contributed by atoms with E-state index in [4.69, 9.17) is 10.2 Å². The first kappa shape index (κ1) is 13.5. The van der Waals surface area contributed by atoms with Gasteiger partial charge in [0.05, 0.1) is 11.8 Å². The summed E-state index contributed by atoms with van der Waals surface area (Å²) >= 11 is 0. The minimum Gasteiger partial charge on any atom is -0.469 e. The first-order valence-electron chi connectivity index (χ1n) is 7.08. The minimum absolute atomic E-state index is 0.666. The van der Waals surface area contributed by atoms with Gasteiger partial charge in [-0.3, -0.25) is 4.68 Å². The summed E-state index contributed by atoms with van der Waals surface area (Å²) in [5.74, 6) is 1.60. The third-order valence-electron chi connectivity index (χ3n) is 3.72. The van der Waals surface area contributed by atoms with Crippen LogP contribution in [0.5, 0.6) is 0 Å². The number of nitrogens with two attached hydrogens (primary N) is 1. The Labute approximate surface area is 124 Å². The molecule has 0 saturated carbocycles. The lowest BCUT2D eigenvalue weighted by atomic mass is 9.99. The fourth-order valence-corrected chi connectivity index (χ4v) is 2.64. The Bertz CT molecular complexity index is 783. The predicted molar refractivity (Wildman–Crippen MR) is 84.9 cm³/mol. The molecule has 0 fully saturated rings. The highest BCUT2D eigenvalue weighted by molar-refractivity contribution is 5.88. The molecule has 4 nitrogen and oxygen atoms in total. The Morgan fingerprint density at radius 1 is 1.29 bits per heavy atom. The lowest BCUT2D eigenvalue weighted by Gasteiger charge is -2.05. The van der Waals surface area contributed by atoms with E-state index in [0.717, 1.165) is 34.6 Å². The zero-order valence-electron chi connectivity index (χ0n) is 12.6. The number of nitrogens with zero attached hydrogens (tertiary/aromatic N) is 2. The van der Waals surface area contributed by atoms with E-state index in [-0.39, 0.29) is 0 Å². The molecule has 0 spiro atoms.